The van der Waals surface area contributed by atoms with Crippen LogP contribution in [-0.2, 0) is 9.53 Å². The summed E-state index contributed by atoms with van der Waals surface area (Å²) in [6.07, 6.45) is -1.01. The maximum Gasteiger partial charge on any atom is 0.338 e. The van der Waals surface area contributed by atoms with E-state index in [9.17, 15) is 14.0 Å². The van der Waals surface area contributed by atoms with Gasteiger partial charge in [0.15, 0.2) is 6.10 Å². The Kier molecular flexibility index (Phi) is 5.34. The van der Waals surface area contributed by atoms with Gasteiger partial charge in [-0.25, -0.2) is 9.18 Å². The van der Waals surface area contributed by atoms with Gasteiger partial charge in [-0.15, -0.1) is 0 Å². The summed E-state index contributed by atoms with van der Waals surface area (Å²) in [6, 6.07) is 10.0. The highest BCUT2D eigenvalue weighted by Gasteiger charge is 2.19. The summed E-state index contributed by atoms with van der Waals surface area (Å²) in [5.41, 5.74) is 1.44. The Morgan fingerprint density at radius 3 is 2.48 bits per heavy atom. The minimum Gasteiger partial charge on any atom is -0.449 e. The van der Waals surface area contributed by atoms with Gasteiger partial charge < -0.3 is 10.1 Å². The van der Waals surface area contributed by atoms with E-state index in [4.69, 9.17) is 16.3 Å². The average molecular weight is 336 g/mol. The van der Waals surface area contributed by atoms with E-state index in [1.54, 1.807) is 25.1 Å². The van der Waals surface area contributed by atoms with Crippen LogP contribution in [0.25, 0.3) is 0 Å². The van der Waals surface area contributed by atoms with Gasteiger partial charge in [0.25, 0.3) is 5.91 Å². The SMILES string of the molecule is Cc1c(Cl)cccc1NC(=O)[C@@H](C)OC(=O)c1ccc(F)cc1. The summed E-state index contributed by atoms with van der Waals surface area (Å²) >= 11 is 5.99. The lowest BCUT2D eigenvalue weighted by Crippen LogP contribution is -2.30. The number of hydrogen-bond donors (Lipinski definition) is 1. The van der Waals surface area contributed by atoms with E-state index in [1.165, 1.54) is 19.1 Å². The van der Waals surface area contributed by atoms with Crippen molar-refractivity contribution in [1.29, 1.82) is 0 Å². The molecule has 23 heavy (non-hydrogen) atoms. The Balaban J connectivity index is 2.01. The van der Waals surface area contributed by atoms with Crippen molar-refractivity contribution >= 4 is 29.2 Å². The van der Waals surface area contributed by atoms with Crippen LogP contribution in [0.2, 0.25) is 5.02 Å². The van der Waals surface area contributed by atoms with E-state index in [0.717, 1.165) is 17.7 Å². The van der Waals surface area contributed by atoms with Crippen LogP contribution < -0.4 is 5.32 Å². The number of hydrogen-bond acceptors (Lipinski definition) is 3. The molecule has 2 aromatic rings. The molecule has 0 bridgehead atoms. The van der Waals surface area contributed by atoms with Crippen molar-refractivity contribution in [3.05, 3.63) is 64.4 Å². The molecule has 0 saturated carbocycles. The molecule has 2 aromatic carbocycles. The van der Waals surface area contributed by atoms with Crippen LogP contribution in [0.5, 0.6) is 0 Å². The summed E-state index contributed by atoms with van der Waals surface area (Å²) in [5.74, 6) is -1.63. The van der Waals surface area contributed by atoms with Crippen LogP contribution in [0.3, 0.4) is 0 Å². The number of carbonyl (C=O) groups is 2. The Morgan fingerprint density at radius 1 is 1.17 bits per heavy atom. The summed E-state index contributed by atoms with van der Waals surface area (Å²) < 4.78 is 17.9. The topological polar surface area (TPSA) is 55.4 Å². The third kappa shape index (κ3) is 4.29. The second-order valence-electron chi connectivity index (χ2n) is 4.96. The molecule has 0 fully saturated rings. The first-order valence-corrected chi connectivity index (χ1v) is 7.29. The molecule has 0 aliphatic heterocycles. The molecule has 120 valence electrons. The molecule has 0 saturated heterocycles. The Bertz CT molecular complexity index is 731. The fraction of sp³-hybridized carbons (Fsp3) is 0.176. The Labute approximate surface area is 138 Å². The molecule has 0 unspecified atom stereocenters. The largest absolute Gasteiger partial charge is 0.449 e. The molecule has 0 radical (unpaired) electrons. The van der Waals surface area contributed by atoms with Crippen molar-refractivity contribution in [2.24, 2.45) is 0 Å². The lowest BCUT2D eigenvalue weighted by molar-refractivity contribution is -0.123. The standard InChI is InChI=1S/C17H15ClFNO3/c1-10-14(18)4-3-5-15(10)20-16(21)11(2)23-17(22)12-6-8-13(19)9-7-12/h3-9,11H,1-2H3,(H,20,21)/t11-/m1/s1. The fourth-order valence-corrected chi connectivity index (χ4v) is 2.02. The molecule has 0 aliphatic carbocycles. The molecule has 2 rings (SSSR count). The molecular formula is C17H15ClFNO3. The number of rotatable bonds is 4. The van der Waals surface area contributed by atoms with Gasteiger partial charge >= 0.3 is 5.97 Å². The van der Waals surface area contributed by atoms with Crippen LogP contribution >= 0.6 is 11.6 Å². The summed E-state index contributed by atoms with van der Waals surface area (Å²) in [4.78, 5) is 24.0. The summed E-state index contributed by atoms with van der Waals surface area (Å²) in [7, 11) is 0. The van der Waals surface area contributed by atoms with Crippen molar-refractivity contribution in [2.45, 2.75) is 20.0 Å². The highest BCUT2D eigenvalue weighted by Crippen LogP contribution is 2.23. The zero-order valence-corrected chi connectivity index (χ0v) is 13.4. The number of halogens is 2. The monoisotopic (exact) mass is 335 g/mol. The van der Waals surface area contributed by atoms with Crippen molar-refractivity contribution < 1.29 is 18.7 Å². The van der Waals surface area contributed by atoms with Gasteiger partial charge in [0.05, 0.1) is 5.56 Å². The zero-order chi connectivity index (χ0) is 17.0. The summed E-state index contributed by atoms with van der Waals surface area (Å²) in [5, 5.41) is 3.18. The first kappa shape index (κ1) is 17.0. The maximum absolute atomic E-state index is 12.8. The Hall–Kier alpha value is -2.40. The first-order valence-electron chi connectivity index (χ1n) is 6.91. The van der Waals surface area contributed by atoms with Gasteiger partial charge in [0.1, 0.15) is 5.82 Å². The highest BCUT2D eigenvalue weighted by molar-refractivity contribution is 6.31. The van der Waals surface area contributed by atoms with E-state index in [1.807, 2.05) is 0 Å². The number of anilines is 1. The van der Waals surface area contributed by atoms with Crippen LogP contribution in [0.1, 0.15) is 22.8 Å². The Morgan fingerprint density at radius 2 is 1.83 bits per heavy atom. The molecule has 1 N–H and O–H groups in total. The quantitative estimate of drug-likeness (QED) is 0.860. The van der Waals surface area contributed by atoms with Gasteiger partial charge in [-0.1, -0.05) is 17.7 Å². The van der Waals surface area contributed by atoms with E-state index >= 15 is 0 Å². The molecular weight excluding hydrogens is 321 g/mol. The van der Waals surface area contributed by atoms with Crippen LogP contribution in [-0.4, -0.2) is 18.0 Å². The van der Waals surface area contributed by atoms with Crippen LogP contribution in [0.15, 0.2) is 42.5 Å². The average Bonchev–Trinajstić information content (AvgIpc) is 2.52. The predicted molar refractivity (Wildman–Crippen MR) is 86.1 cm³/mol. The molecule has 0 aromatic heterocycles. The first-order chi connectivity index (χ1) is 10.9. The normalized spacial score (nSPS) is 11.7. The zero-order valence-electron chi connectivity index (χ0n) is 12.6. The van der Waals surface area contributed by atoms with Gasteiger partial charge in [-0.05, 0) is 55.8 Å². The second kappa shape index (κ2) is 7.24. The van der Waals surface area contributed by atoms with Gasteiger partial charge in [-0.2, -0.15) is 0 Å². The van der Waals surface area contributed by atoms with Crippen LogP contribution in [0.4, 0.5) is 10.1 Å². The van der Waals surface area contributed by atoms with Gasteiger partial charge in [0, 0.05) is 10.7 Å². The molecule has 6 heteroatoms. The van der Waals surface area contributed by atoms with Crippen molar-refractivity contribution in [2.75, 3.05) is 5.32 Å². The minimum atomic E-state index is -1.01. The number of amides is 1. The smallest absolute Gasteiger partial charge is 0.338 e. The van der Waals surface area contributed by atoms with Crippen molar-refractivity contribution in [3.8, 4) is 0 Å². The third-order valence-corrected chi connectivity index (χ3v) is 3.67. The molecule has 0 heterocycles. The third-order valence-electron chi connectivity index (χ3n) is 3.26. The second-order valence-corrected chi connectivity index (χ2v) is 5.36. The number of esters is 1. The van der Waals surface area contributed by atoms with Crippen molar-refractivity contribution in [3.63, 3.8) is 0 Å². The lowest BCUT2D eigenvalue weighted by atomic mass is 10.2. The number of benzene rings is 2. The summed E-state index contributed by atoms with van der Waals surface area (Å²) in [6.45, 7) is 3.23. The van der Waals surface area contributed by atoms with Gasteiger partial charge in [0.2, 0.25) is 0 Å². The molecule has 1 atom stereocenters. The predicted octanol–water partition coefficient (Wildman–Crippen LogP) is 3.97. The van der Waals surface area contributed by atoms with E-state index < -0.39 is 23.8 Å². The molecule has 0 spiro atoms. The van der Waals surface area contributed by atoms with Crippen molar-refractivity contribution in [1.82, 2.24) is 0 Å². The number of ether oxygens (including phenoxy) is 1. The van der Waals surface area contributed by atoms with Gasteiger partial charge in [-0.3, -0.25) is 4.79 Å². The number of carbonyl (C=O) groups excluding carboxylic acids is 2. The number of nitrogens with one attached hydrogen (secondary N) is 1. The molecule has 4 nitrogen and oxygen atoms in total. The molecule has 0 aliphatic rings. The maximum atomic E-state index is 12.8. The van der Waals surface area contributed by atoms with E-state index in [-0.39, 0.29) is 5.56 Å². The van der Waals surface area contributed by atoms with E-state index in [0.29, 0.717) is 10.7 Å². The lowest BCUT2D eigenvalue weighted by Gasteiger charge is -2.15. The van der Waals surface area contributed by atoms with Crippen LogP contribution in [0, 0.1) is 12.7 Å². The molecule has 1 amide bonds. The minimum absolute atomic E-state index is 0.171. The fourth-order valence-electron chi connectivity index (χ4n) is 1.85. The highest BCUT2D eigenvalue weighted by atomic mass is 35.5. The van der Waals surface area contributed by atoms with E-state index in [2.05, 4.69) is 5.32 Å².